The summed E-state index contributed by atoms with van der Waals surface area (Å²) in [5.41, 5.74) is 2.42. The van der Waals surface area contributed by atoms with Crippen molar-refractivity contribution in [3.63, 3.8) is 0 Å². The molecule has 2 rings (SSSR count). The van der Waals surface area contributed by atoms with Gasteiger partial charge in [-0.2, -0.15) is 0 Å². The van der Waals surface area contributed by atoms with Crippen LogP contribution in [0.1, 0.15) is 43.7 Å². The zero-order valence-electron chi connectivity index (χ0n) is 11.2. The molecule has 98 valence electrons. The Morgan fingerprint density at radius 1 is 1.44 bits per heavy atom. The van der Waals surface area contributed by atoms with E-state index in [2.05, 4.69) is 36.6 Å². The Bertz CT molecular complexity index is 417. The summed E-state index contributed by atoms with van der Waals surface area (Å²) in [6, 6.07) is 8.42. The van der Waals surface area contributed by atoms with Crippen molar-refractivity contribution in [1.82, 2.24) is 10.6 Å². The second-order valence-electron chi connectivity index (χ2n) is 4.99. The molecule has 2 atom stereocenters. The highest BCUT2D eigenvalue weighted by Gasteiger charge is 2.31. The minimum absolute atomic E-state index is 0.0631. The number of unbranched alkanes of at least 4 members (excludes halogenated alkanes) is 1. The van der Waals surface area contributed by atoms with Crippen LogP contribution in [0.3, 0.4) is 0 Å². The molecule has 0 aromatic heterocycles. The normalized spacial score (nSPS) is 22.3. The first-order valence-electron chi connectivity index (χ1n) is 6.83. The number of hydrogen-bond acceptors (Lipinski definition) is 2. The number of benzene rings is 1. The van der Waals surface area contributed by atoms with Gasteiger partial charge >= 0.3 is 0 Å². The van der Waals surface area contributed by atoms with Gasteiger partial charge in [-0.25, -0.2) is 0 Å². The maximum absolute atomic E-state index is 12.3. The summed E-state index contributed by atoms with van der Waals surface area (Å²) in [5.74, 6) is 0.0856. The minimum Gasteiger partial charge on any atom is -0.356 e. The number of amides is 1. The fraction of sp³-hybridized carbons (Fsp3) is 0.533. The molecular formula is C15H22N2O. The van der Waals surface area contributed by atoms with Gasteiger partial charge in [-0.05, 0) is 24.5 Å². The molecule has 1 aliphatic heterocycles. The number of hydrogen-bond donors (Lipinski definition) is 2. The van der Waals surface area contributed by atoms with Crippen LogP contribution < -0.4 is 10.6 Å². The Morgan fingerprint density at radius 3 is 3.00 bits per heavy atom. The smallest absolute Gasteiger partial charge is 0.229 e. The van der Waals surface area contributed by atoms with Crippen LogP contribution >= 0.6 is 0 Å². The van der Waals surface area contributed by atoms with Crippen molar-refractivity contribution in [1.29, 1.82) is 0 Å². The standard InChI is InChI=1S/C15H22N2O/c1-3-4-9-16-15(18)14-11(2)17-10-12-7-5-6-8-13(12)14/h5-8,11,14,17H,3-4,9-10H2,1-2H3,(H,16,18). The van der Waals surface area contributed by atoms with Crippen LogP contribution in [0.15, 0.2) is 24.3 Å². The fourth-order valence-electron chi connectivity index (χ4n) is 2.52. The molecule has 1 amide bonds. The molecular weight excluding hydrogens is 224 g/mol. The highest BCUT2D eigenvalue weighted by atomic mass is 16.1. The predicted molar refractivity (Wildman–Crippen MR) is 73.4 cm³/mol. The molecule has 0 aliphatic carbocycles. The lowest BCUT2D eigenvalue weighted by molar-refractivity contribution is -0.123. The van der Waals surface area contributed by atoms with E-state index in [1.807, 2.05) is 12.1 Å². The van der Waals surface area contributed by atoms with E-state index in [9.17, 15) is 4.79 Å². The molecule has 1 heterocycles. The summed E-state index contributed by atoms with van der Waals surface area (Å²) in [5, 5.41) is 6.44. The quantitative estimate of drug-likeness (QED) is 0.800. The summed E-state index contributed by atoms with van der Waals surface area (Å²) in [7, 11) is 0. The molecule has 0 saturated heterocycles. The molecule has 1 aromatic rings. The zero-order chi connectivity index (χ0) is 13.0. The lowest BCUT2D eigenvalue weighted by Gasteiger charge is -2.31. The molecule has 2 unspecified atom stereocenters. The molecule has 0 saturated carbocycles. The van der Waals surface area contributed by atoms with Crippen LogP contribution in [-0.2, 0) is 11.3 Å². The maximum atomic E-state index is 12.3. The van der Waals surface area contributed by atoms with Gasteiger partial charge in [0, 0.05) is 19.1 Å². The number of nitrogens with one attached hydrogen (secondary N) is 2. The van der Waals surface area contributed by atoms with Crippen molar-refractivity contribution in [3.8, 4) is 0 Å². The van der Waals surface area contributed by atoms with E-state index in [1.54, 1.807) is 0 Å². The van der Waals surface area contributed by atoms with Crippen molar-refractivity contribution < 1.29 is 4.79 Å². The fourth-order valence-corrected chi connectivity index (χ4v) is 2.52. The summed E-state index contributed by atoms with van der Waals surface area (Å²) in [6.45, 7) is 5.85. The third-order valence-corrected chi connectivity index (χ3v) is 3.62. The van der Waals surface area contributed by atoms with E-state index in [0.717, 1.165) is 25.9 Å². The van der Waals surface area contributed by atoms with Crippen LogP contribution in [-0.4, -0.2) is 18.5 Å². The van der Waals surface area contributed by atoms with Gasteiger partial charge in [0.15, 0.2) is 0 Å². The van der Waals surface area contributed by atoms with Gasteiger partial charge in [0.05, 0.1) is 5.92 Å². The predicted octanol–water partition coefficient (Wildman–Crippen LogP) is 2.18. The van der Waals surface area contributed by atoms with Crippen LogP contribution in [0, 0.1) is 0 Å². The van der Waals surface area contributed by atoms with E-state index in [-0.39, 0.29) is 17.9 Å². The Morgan fingerprint density at radius 2 is 2.22 bits per heavy atom. The van der Waals surface area contributed by atoms with Crippen molar-refractivity contribution in [2.24, 2.45) is 0 Å². The first-order chi connectivity index (χ1) is 8.74. The molecule has 2 N–H and O–H groups in total. The van der Waals surface area contributed by atoms with Crippen molar-refractivity contribution in [3.05, 3.63) is 35.4 Å². The SMILES string of the molecule is CCCCNC(=O)C1c2ccccc2CNC1C. The molecule has 18 heavy (non-hydrogen) atoms. The van der Waals surface area contributed by atoms with E-state index >= 15 is 0 Å². The van der Waals surface area contributed by atoms with Crippen LogP contribution in [0.2, 0.25) is 0 Å². The summed E-state index contributed by atoms with van der Waals surface area (Å²) in [4.78, 5) is 12.3. The number of rotatable bonds is 4. The summed E-state index contributed by atoms with van der Waals surface area (Å²) < 4.78 is 0. The Labute approximate surface area is 109 Å². The lowest BCUT2D eigenvalue weighted by Crippen LogP contribution is -2.45. The van der Waals surface area contributed by atoms with Crippen LogP contribution in [0.25, 0.3) is 0 Å². The Balaban J connectivity index is 2.13. The highest BCUT2D eigenvalue weighted by molar-refractivity contribution is 5.85. The summed E-state index contributed by atoms with van der Waals surface area (Å²) in [6.07, 6.45) is 2.15. The molecule has 3 heteroatoms. The zero-order valence-corrected chi connectivity index (χ0v) is 11.2. The minimum atomic E-state index is -0.0631. The average molecular weight is 246 g/mol. The molecule has 0 bridgehead atoms. The van der Waals surface area contributed by atoms with Crippen LogP contribution in [0.4, 0.5) is 0 Å². The molecule has 0 radical (unpaired) electrons. The first-order valence-corrected chi connectivity index (χ1v) is 6.83. The van der Waals surface area contributed by atoms with Crippen molar-refractivity contribution >= 4 is 5.91 Å². The van der Waals surface area contributed by atoms with Gasteiger partial charge in [0.1, 0.15) is 0 Å². The molecule has 1 aliphatic rings. The average Bonchev–Trinajstić information content (AvgIpc) is 2.38. The number of carbonyl (C=O) groups is 1. The Hall–Kier alpha value is -1.35. The first kappa shape index (κ1) is 13.1. The molecule has 1 aromatic carbocycles. The summed E-state index contributed by atoms with van der Waals surface area (Å²) >= 11 is 0. The van der Waals surface area contributed by atoms with Gasteiger partial charge in [-0.3, -0.25) is 4.79 Å². The maximum Gasteiger partial charge on any atom is 0.229 e. The van der Waals surface area contributed by atoms with Gasteiger partial charge in [0.25, 0.3) is 0 Å². The van der Waals surface area contributed by atoms with E-state index < -0.39 is 0 Å². The third-order valence-electron chi connectivity index (χ3n) is 3.62. The van der Waals surface area contributed by atoms with Gasteiger partial charge < -0.3 is 10.6 Å². The Kier molecular flexibility index (Phi) is 4.37. The molecule has 3 nitrogen and oxygen atoms in total. The van der Waals surface area contributed by atoms with Gasteiger partial charge in [-0.15, -0.1) is 0 Å². The van der Waals surface area contributed by atoms with E-state index in [0.29, 0.717) is 0 Å². The number of carbonyl (C=O) groups excluding carboxylic acids is 1. The second-order valence-corrected chi connectivity index (χ2v) is 4.99. The van der Waals surface area contributed by atoms with Gasteiger partial charge in [0.2, 0.25) is 5.91 Å². The molecule has 0 spiro atoms. The van der Waals surface area contributed by atoms with Crippen molar-refractivity contribution in [2.75, 3.05) is 6.54 Å². The highest BCUT2D eigenvalue weighted by Crippen LogP contribution is 2.28. The second kappa shape index (κ2) is 6.01. The topological polar surface area (TPSA) is 41.1 Å². The van der Waals surface area contributed by atoms with Crippen LogP contribution in [0.5, 0.6) is 0 Å². The van der Waals surface area contributed by atoms with Gasteiger partial charge in [-0.1, -0.05) is 37.6 Å². The largest absolute Gasteiger partial charge is 0.356 e. The van der Waals surface area contributed by atoms with Crippen molar-refractivity contribution in [2.45, 2.75) is 45.2 Å². The van der Waals surface area contributed by atoms with E-state index in [4.69, 9.17) is 0 Å². The third kappa shape index (κ3) is 2.72. The lowest BCUT2D eigenvalue weighted by atomic mass is 9.85. The van der Waals surface area contributed by atoms with E-state index in [1.165, 1.54) is 11.1 Å². The number of fused-ring (bicyclic) bond motifs is 1. The molecule has 0 fully saturated rings. The monoisotopic (exact) mass is 246 g/mol.